The Morgan fingerprint density at radius 3 is 2.60 bits per heavy atom. The van der Waals surface area contributed by atoms with Gasteiger partial charge in [0.1, 0.15) is 0 Å². The standard InChI is InChI=1S/C16H31N3O/c1-3-19-10-4-5-15(19)12-18(2)16(20)11-13-6-8-14(17)9-7-13/h13-15H,3-12,17H2,1-2H3. The van der Waals surface area contributed by atoms with Gasteiger partial charge in [-0.1, -0.05) is 6.92 Å². The normalized spacial score (nSPS) is 31.4. The van der Waals surface area contributed by atoms with Gasteiger partial charge in [0.05, 0.1) is 0 Å². The second-order valence-electron chi connectivity index (χ2n) is 6.68. The third kappa shape index (κ3) is 4.19. The summed E-state index contributed by atoms with van der Waals surface area (Å²) in [6.45, 7) is 5.42. The van der Waals surface area contributed by atoms with Crippen molar-refractivity contribution in [1.82, 2.24) is 9.80 Å². The molecule has 4 heteroatoms. The van der Waals surface area contributed by atoms with E-state index in [0.29, 0.717) is 23.9 Å². The molecule has 20 heavy (non-hydrogen) atoms. The maximum absolute atomic E-state index is 12.4. The second-order valence-corrected chi connectivity index (χ2v) is 6.68. The van der Waals surface area contributed by atoms with Crippen LogP contribution in [0, 0.1) is 5.92 Å². The first-order valence-corrected chi connectivity index (χ1v) is 8.33. The van der Waals surface area contributed by atoms with Crippen LogP contribution in [0.4, 0.5) is 0 Å². The molecule has 0 aromatic heterocycles. The van der Waals surface area contributed by atoms with Gasteiger partial charge in [0.25, 0.3) is 0 Å². The number of likely N-dealkylation sites (N-methyl/N-ethyl adjacent to an activating group) is 2. The number of carbonyl (C=O) groups is 1. The molecule has 1 aliphatic carbocycles. The molecule has 0 aromatic rings. The third-order valence-corrected chi connectivity index (χ3v) is 5.17. The molecule has 1 saturated heterocycles. The fourth-order valence-electron chi connectivity index (χ4n) is 3.73. The van der Waals surface area contributed by atoms with Crippen molar-refractivity contribution in [2.75, 3.05) is 26.7 Å². The van der Waals surface area contributed by atoms with Gasteiger partial charge in [-0.3, -0.25) is 9.69 Å². The zero-order valence-corrected chi connectivity index (χ0v) is 13.2. The summed E-state index contributed by atoms with van der Waals surface area (Å²) in [4.78, 5) is 16.8. The molecular formula is C16H31N3O. The van der Waals surface area contributed by atoms with Crippen molar-refractivity contribution < 1.29 is 4.79 Å². The minimum Gasteiger partial charge on any atom is -0.344 e. The van der Waals surface area contributed by atoms with Crippen molar-refractivity contribution in [3.05, 3.63) is 0 Å². The second kappa shape index (κ2) is 7.41. The predicted molar refractivity (Wildman–Crippen MR) is 82.5 cm³/mol. The van der Waals surface area contributed by atoms with E-state index in [1.54, 1.807) is 0 Å². The average molecular weight is 281 g/mol. The molecule has 2 N–H and O–H groups in total. The minimum absolute atomic E-state index is 0.327. The Morgan fingerprint density at radius 2 is 1.95 bits per heavy atom. The van der Waals surface area contributed by atoms with E-state index in [9.17, 15) is 4.79 Å². The van der Waals surface area contributed by atoms with E-state index in [1.165, 1.54) is 19.4 Å². The van der Waals surface area contributed by atoms with Gasteiger partial charge < -0.3 is 10.6 Å². The third-order valence-electron chi connectivity index (χ3n) is 5.17. The summed E-state index contributed by atoms with van der Waals surface area (Å²) >= 11 is 0. The lowest BCUT2D eigenvalue weighted by Gasteiger charge is -2.30. The summed E-state index contributed by atoms with van der Waals surface area (Å²) < 4.78 is 0. The number of hydrogen-bond donors (Lipinski definition) is 1. The van der Waals surface area contributed by atoms with Crippen molar-refractivity contribution in [1.29, 1.82) is 0 Å². The van der Waals surface area contributed by atoms with Crippen molar-refractivity contribution in [2.24, 2.45) is 11.7 Å². The van der Waals surface area contributed by atoms with Crippen LogP contribution in [0.1, 0.15) is 51.9 Å². The van der Waals surface area contributed by atoms with Crippen LogP contribution in [0.15, 0.2) is 0 Å². The van der Waals surface area contributed by atoms with Gasteiger partial charge in [-0.25, -0.2) is 0 Å². The largest absolute Gasteiger partial charge is 0.344 e. The van der Waals surface area contributed by atoms with Crippen LogP contribution in [-0.4, -0.2) is 54.5 Å². The summed E-state index contributed by atoms with van der Waals surface area (Å²) in [6.07, 6.45) is 7.69. The lowest BCUT2D eigenvalue weighted by Crippen LogP contribution is -2.41. The van der Waals surface area contributed by atoms with E-state index in [4.69, 9.17) is 5.73 Å². The first kappa shape index (κ1) is 15.8. The molecule has 116 valence electrons. The van der Waals surface area contributed by atoms with E-state index in [2.05, 4.69) is 11.8 Å². The van der Waals surface area contributed by atoms with Crippen LogP contribution in [-0.2, 0) is 4.79 Å². The van der Waals surface area contributed by atoms with E-state index >= 15 is 0 Å². The topological polar surface area (TPSA) is 49.6 Å². The molecule has 1 amide bonds. The first-order chi connectivity index (χ1) is 9.60. The van der Waals surface area contributed by atoms with Gasteiger partial charge in [0, 0.05) is 32.1 Å². The van der Waals surface area contributed by atoms with E-state index in [-0.39, 0.29) is 0 Å². The molecule has 2 fully saturated rings. The van der Waals surface area contributed by atoms with Crippen molar-refractivity contribution >= 4 is 5.91 Å². The Kier molecular flexibility index (Phi) is 5.85. The molecule has 0 bridgehead atoms. The Balaban J connectivity index is 1.74. The van der Waals surface area contributed by atoms with Crippen LogP contribution in [0.25, 0.3) is 0 Å². The monoisotopic (exact) mass is 281 g/mol. The molecule has 1 aliphatic heterocycles. The molecule has 4 nitrogen and oxygen atoms in total. The molecule has 2 aliphatic rings. The Bertz CT molecular complexity index is 313. The Labute approximate surface area is 123 Å². The molecule has 0 aromatic carbocycles. The summed E-state index contributed by atoms with van der Waals surface area (Å²) in [5.74, 6) is 0.893. The van der Waals surface area contributed by atoms with Gasteiger partial charge in [-0.05, 0) is 57.5 Å². The Hall–Kier alpha value is -0.610. The van der Waals surface area contributed by atoms with Crippen LogP contribution >= 0.6 is 0 Å². The molecular weight excluding hydrogens is 250 g/mol. The summed E-state index contributed by atoms with van der Waals surface area (Å²) in [6, 6.07) is 0.949. The molecule has 1 saturated carbocycles. The van der Waals surface area contributed by atoms with E-state index in [1.807, 2.05) is 11.9 Å². The fourth-order valence-corrected chi connectivity index (χ4v) is 3.73. The van der Waals surface area contributed by atoms with E-state index in [0.717, 1.165) is 45.2 Å². The van der Waals surface area contributed by atoms with Gasteiger partial charge in [-0.2, -0.15) is 0 Å². The molecule has 1 atom stereocenters. The molecule has 1 unspecified atom stereocenters. The highest BCUT2D eigenvalue weighted by atomic mass is 16.2. The van der Waals surface area contributed by atoms with Crippen molar-refractivity contribution in [3.8, 4) is 0 Å². The molecule has 1 heterocycles. The lowest BCUT2D eigenvalue weighted by atomic mass is 9.84. The van der Waals surface area contributed by atoms with E-state index < -0.39 is 0 Å². The highest BCUT2D eigenvalue weighted by Crippen LogP contribution is 2.26. The predicted octanol–water partition coefficient (Wildman–Crippen LogP) is 1.84. The quantitative estimate of drug-likeness (QED) is 0.836. The smallest absolute Gasteiger partial charge is 0.222 e. The number of likely N-dealkylation sites (tertiary alicyclic amines) is 1. The van der Waals surface area contributed by atoms with Gasteiger partial charge in [-0.15, -0.1) is 0 Å². The lowest BCUT2D eigenvalue weighted by molar-refractivity contribution is -0.131. The van der Waals surface area contributed by atoms with Gasteiger partial charge >= 0.3 is 0 Å². The zero-order valence-electron chi connectivity index (χ0n) is 13.2. The highest BCUT2D eigenvalue weighted by Gasteiger charge is 2.27. The first-order valence-electron chi connectivity index (χ1n) is 8.33. The number of hydrogen-bond acceptors (Lipinski definition) is 3. The maximum atomic E-state index is 12.4. The van der Waals surface area contributed by atoms with Crippen LogP contribution in [0.5, 0.6) is 0 Å². The summed E-state index contributed by atoms with van der Waals surface area (Å²) in [5, 5.41) is 0. The van der Waals surface area contributed by atoms with Crippen molar-refractivity contribution in [2.45, 2.75) is 64.0 Å². The fraction of sp³-hybridized carbons (Fsp3) is 0.938. The zero-order chi connectivity index (χ0) is 14.5. The van der Waals surface area contributed by atoms with Crippen molar-refractivity contribution in [3.63, 3.8) is 0 Å². The maximum Gasteiger partial charge on any atom is 0.222 e. The SMILES string of the molecule is CCN1CCCC1CN(C)C(=O)CC1CCC(N)CC1. The van der Waals surface area contributed by atoms with Crippen LogP contribution in [0.2, 0.25) is 0 Å². The number of carbonyl (C=O) groups excluding carboxylic acids is 1. The summed E-state index contributed by atoms with van der Waals surface area (Å²) in [7, 11) is 1.98. The Morgan fingerprint density at radius 1 is 1.25 bits per heavy atom. The molecule has 0 spiro atoms. The van der Waals surface area contributed by atoms with Crippen LogP contribution in [0.3, 0.4) is 0 Å². The minimum atomic E-state index is 0.327. The highest BCUT2D eigenvalue weighted by molar-refractivity contribution is 5.76. The number of nitrogens with zero attached hydrogens (tertiary/aromatic N) is 2. The van der Waals surface area contributed by atoms with Crippen LogP contribution < -0.4 is 5.73 Å². The average Bonchev–Trinajstić information content (AvgIpc) is 2.88. The number of nitrogens with two attached hydrogens (primary N) is 1. The molecule has 0 radical (unpaired) electrons. The summed E-state index contributed by atoms with van der Waals surface area (Å²) in [5.41, 5.74) is 5.93. The molecule has 2 rings (SSSR count). The number of amides is 1. The number of rotatable bonds is 5. The van der Waals surface area contributed by atoms with Gasteiger partial charge in [0.2, 0.25) is 5.91 Å². The van der Waals surface area contributed by atoms with Gasteiger partial charge in [0.15, 0.2) is 0 Å².